The lowest BCUT2D eigenvalue weighted by molar-refractivity contribution is -0.146. The lowest BCUT2D eigenvalue weighted by atomic mass is 9.77. The van der Waals surface area contributed by atoms with Crippen LogP contribution in [0.25, 0.3) is 0 Å². The molecule has 0 aromatic heterocycles. The van der Waals surface area contributed by atoms with Crippen LogP contribution in [0.2, 0.25) is 0 Å². The number of amides is 1. The molecular weight excluding hydrogens is 290 g/mol. The quantitative estimate of drug-likeness (QED) is 0.819. The van der Waals surface area contributed by atoms with Crippen LogP contribution in [0.5, 0.6) is 0 Å². The topological polar surface area (TPSA) is 69.4 Å². The van der Waals surface area contributed by atoms with Crippen molar-refractivity contribution in [1.82, 2.24) is 0 Å². The molecule has 1 aromatic carbocycles. The van der Waals surface area contributed by atoms with Crippen LogP contribution in [-0.4, -0.2) is 18.5 Å². The van der Waals surface area contributed by atoms with Crippen LogP contribution in [0, 0.1) is 5.92 Å². The Morgan fingerprint density at radius 2 is 1.74 bits per heavy atom. The summed E-state index contributed by atoms with van der Waals surface area (Å²) in [6.45, 7) is 6.22. The van der Waals surface area contributed by atoms with E-state index < -0.39 is 5.41 Å². The van der Waals surface area contributed by atoms with Crippen LogP contribution in [-0.2, 0) is 19.7 Å². The molecule has 0 aliphatic heterocycles. The fourth-order valence-corrected chi connectivity index (χ4v) is 3.69. The molecule has 0 bridgehead atoms. The van der Waals surface area contributed by atoms with Gasteiger partial charge in [-0.05, 0) is 36.8 Å². The molecule has 1 unspecified atom stereocenters. The summed E-state index contributed by atoms with van der Waals surface area (Å²) < 4.78 is 5.19. The maximum atomic E-state index is 12.2. The van der Waals surface area contributed by atoms with Gasteiger partial charge in [0.25, 0.3) is 0 Å². The van der Waals surface area contributed by atoms with E-state index in [0.29, 0.717) is 6.61 Å². The number of rotatable bonds is 6. The summed E-state index contributed by atoms with van der Waals surface area (Å²) >= 11 is 0. The number of benzene rings is 1. The lowest BCUT2D eigenvalue weighted by Gasteiger charge is -2.26. The second-order valence-corrected chi connectivity index (χ2v) is 6.75. The smallest absolute Gasteiger partial charge is 0.313 e. The molecular formula is C19H27NO3. The van der Waals surface area contributed by atoms with Gasteiger partial charge in [-0.15, -0.1) is 0 Å². The first-order chi connectivity index (χ1) is 10.9. The second-order valence-electron chi connectivity index (χ2n) is 6.75. The predicted octanol–water partition coefficient (Wildman–Crippen LogP) is 3.29. The van der Waals surface area contributed by atoms with E-state index in [1.165, 1.54) is 0 Å². The predicted molar refractivity (Wildman–Crippen MR) is 90.0 cm³/mol. The van der Waals surface area contributed by atoms with Crippen molar-refractivity contribution in [2.45, 2.75) is 57.8 Å². The molecule has 1 amide bonds. The SMILES string of the molecule is CCOC(=O)C(c1ccc(C2(C(N)=O)CCCC2)cc1)C(C)C. The first-order valence-electron chi connectivity index (χ1n) is 8.49. The molecule has 2 rings (SSSR count). The van der Waals surface area contributed by atoms with Gasteiger partial charge in [-0.2, -0.15) is 0 Å². The van der Waals surface area contributed by atoms with Crippen LogP contribution in [0.3, 0.4) is 0 Å². The minimum Gasteiger partial charge on any atom is -0.466 e. The van der Waals surface area contributed by atoms with Crippen LogP contribution in [0.4, 0.5) is 0 Å². The Kier molecular flexibility index (Phi) is 5.45. The minimum atomic E-state index is -0.532. The number of hydrogen-bond acceptors (Lipinski definition) is 3. The van der Waals surface area contributed by atoms with Crippen LogP contribution in [0.1, 0.15) is 63.5 Å². The van der Waals surface area contributed by atoms with Gasteiger partial charge in [0.15, 0.2) is 0 Å². The van der Waals surface area contributed by atoms with Gasteiger partial charge in [0.2, 0.25) is 5.91 Å². The highest BCUT2D eigenvalue weighted by atomic mass is 16.5. The molecule has 126 valence electrons. The van der Waals surface area contributed by atoms with E-state index in [4.69, 9.17) is 10.5 Å². The van der Waals surface area contributed by atoms with Gasteiger partial charge in [0.05, 0.1) is 17.9 Å². The monoisotopic (exact) mass is 317 g/mol. The fourth-order valence-electron chi connectivity index (χ4n) is 3.69. The van der Waals surface area contributed by atoms with Crippen LogP contribution < -0.4 is 5.73 Å². The zero-order valence-corrected chi connectivity index (χ0v) is 14.3. The molecule has 0 spiro atoms. The maximum Gasteiger partial charge on any atom is 0.313 e. The lowest BCUT2D eigenvalue weighted by Crippen LogP contribution is -2.38. The third-order valence-corrected chi connectivity index (χ3v) is 4.96. The van der Waals surface area contributed by atoms with Gasteiger partial charge < -0.3 is 10.5 Å². The summed E-state index contributed by atoms with van der Waals surface area (Å²) in [5.74, 6) is -0.567. The summed E-state index contributed by atoms with van der Waals surface area (Å²) in [6.07, 6.45) is 3.69. The van der Waals surface area contributed by atoms with E-state index in [1.54, 1.807) is 0 Å². The average molecular weight is 317 g/mol. The molecule has 0 radical (unpaired) electrons. The summed E-state index contributed by atoms with van der Waals surface area (Å²) in [5, 5.41) is 0. The van der Waals surface area contributed by atoms with Gasteiger partial charge in [-0.1, -0.05) is 51.0 Å². The van der Waals surface area contributed by atoms with Gasteiger partial charge in [-0.3, -0.25) is 9.59 Å². The van der Waals surface area contributed by atoms with E-state index in [0.717, 1.165) is 36.8 Å². The van der Waals surface area contributed by atoms with Crippen LogP contribution >= 0.6 is 0 Å². The molecule has 1 aliphatic rings. The number of carbonyl (C=O) groups excluding carboxylic acids is 2. The highest BCUT2D eigenvalue weighted by molar-refractivity contribution is 5.87. The normalized spacial score (nSPS) is 17.9. The van der Waals surface area contributed by atoms with Gasteiger partial charge in [0.1, 0.15) is 0 Å². The van der Waals surface area contributed by atoms with Crippen molar-refractivity contribution in [2.24, 2.45) is 11.7 Å². The van der Waals surface area contributed by atoms with Crippen molar-refractivity contribution in [2.75, 3.05) is 6.61 Å². The third kappa shape index (κ3) is 3.41. The molecule has 2 N–H and O–H groups in total. The largest absolute Gasteiger partial charge is 0.466 e. The number of primary amides is 1. The molecule has 1 aliphatic carbocycles. The standard InChI is InChI=1S/C19H27NO3/c1-4-23-17(21)16(13(2)3)14-7-9-15(10-8-14)19(18(20)22)11-5-6-12-19/h7-10,13,16H,4-6,11-12H2,1-3H3,(H2,20,22). The van der Waals surface area contributed by atoms with Crippen molar-refractivity contribution in [1.29, 1.82) is 0 Å². The number of hydrogen-bond donors (Lipinski definition) is 1. The van der Waals surface area contributed by atoms with E-state index >= 15 is 0 Å². The number of carbonyl (C=O) groups is 2. The Hall–Kier alpha value is -1.84. The van der Waals surface area contributed by atoms with Gasteiger partial charge >= 0.3 is 5.97 Å². The van der Waals surface area contributed by atoms with Crippen molar-refractivity contribution < 1.29 is 14.3 Å². The van der Waals surface area contributed by atoms with E-state index in [2.05, 4.69) is 0 Å². The Morgan fingerprint density at radius 3 is 2.17 bits per heavy atom. The summed E-state index contributed by atoms with van der Waals surface area (Å²) in [7, 11) is 0. The van der Waals surface area contributed by atoms with E-state index in [-0.39, 0.29) is 23.7 Å². The Balaban J connectivity index is 2.30. The zero-order chi connectivity index (χ0) is 17.0. The molecule has 0 saturated heterocycles. The van der Waals surface area contributed by atoms with Gasteiger partial charge in [0, 0.05) is 0 Å². The summed E-state index contributed by atoms with van der Waals surface area (Å²) in [4.78, 5) is 24.2. The van der Waals surface area contributed by atoms with Crippen molar-refractivity contribution >= 4 is 11.9 Å². The molecule has 1 atom stereocenters. The number of nitrogens with two attached hydrogens (primary N) is 1. The van der Waals surface area contributed by atoms with Gasteiger partial charge in [-0.25, -0.2) is 0 Å². The van der Waals surface area contributed by atoms with E-state index in [9.17, 15) is 9.59 Å². The average Bonchev–Trinajstić information content (AvgIpc) is 2.99. The fraction of sp³-hybridized carbons (Fsp3) is 0.579. The molecule has 1 aromatic rings. The highest BCUT2D eigenvalue weighted by Gasteiger charge is 2.41. The van der Waals surface area contributed by atoms with Crippen LogP contribution in [0.15, 0.2) is 24.3 Å². The molecule has 1 fully saturated rings. The van der Waals surface area contributed by atoms with Crippen molar-refractivity contribution in [3.8, 4) is 0 Å². The summed E-state index contributed by atoms with van der Waals surface area (Å²) in [6, 6.07) is 7.81. The Morgan fingerprint density at radius 1 is 1.17 bits per heavy atom. The minimum absolute atomic E-state index is 0.150. The summed E-state index contributed by atoms with van der Waals surface area (Å²) in [5.41, 5.74) is 7.05. The molecule has 4 heteroatoms. The third-order valence-electron chi connectivity index (χ3n) is 4.96. The molecule has 1 saturated carbocycles. The number of esters is 1. The molecule has 23 heavy (non-hydrogen) atoms. The first-order valence-corrected chi connectivity index (χ1v) is 8.49. The van der Waals surface area contributed by atoms with Crippen molar-refractivity contribution in [3.05, 3.63) is 35.4 Å². The zero-order valence-electron chi connectivity index (χ0n) is 14.3. The first kappa shape index (κ1) is 17.5. The second kappa shape index (κ2) is 7.16. The Bertz CT molecular complexity index is 556. The van der Waals surface area contributed by atoms with Crippen molar-refractivity contribution in [3.63, 3.8) is 0 Å². The Labute approximate surface area is 138 Å². The number of ether oxygens (including phenoxy) is 1. The maximum absolute atomic E-state index is 12.2. The van der Waals surface area contributed by atoms with E-state index in [1.807, 2.05) is 45.0 Å². The molecule has 4 nitrogen and oxygen atoms in total. The molecule has 0 heterocycles. The highest BCUT2D eigenvalue weighted by Crippen LogP contribution is 2.41.